The predicted octanol–water partition coefficient (Wildman–Crippen LogP) is 3.73. The van der Waals surface area contributed by atoms with E-state index in [1.807, 2.05) is 0 Å². The molecule has 6 N–H and O–H groups in total. The molecule has 2 aliphatic rings. The van der Waals surface area contributed by atoms with Gasteiger partial charge in [-0.2, -0.15) is 0 Å². The van der Waals surface area contributed by atoms with Crippen molar-refractivity contribution in [2.45, 2.75) is 128 Å². The number of carbonyl (C=O) groups excluding carboxylic acids is 2. The number of fused-ring (bicyclic) bond motifs is 2. The van der Waals surface area contributed by atoms with Crippen LogP contribution in [0.4, 0.5) is 11.4 Å². The minimum Gasteiger partial charge on any atom is -0.493 e. The number of hydrogen-bond donors (Lipinski definition) is 6. The minimum atomic E-state index is -1.49. The van der Waals surface area contributed by atoms with E-state index in [4.69, 9.17) is 46.7 Å². The Labute approximate surface area is 379 Å². The maximum Gasteiger partial charge on any atom is 0.360 e. The maximum atomic E-state index is 13.0. The van der Waals surface area contributed by atoms with E-state index >= 15 is 0 Å². The number of aliphatic hydroxyl groups excluding tert-OH is 4. The molecule has 0 radical (unpaired) electrons. The van der Waals surface area contributed by atoms with Crippen molar-refractivity contribution in [1.29, 1.82) is 0 Å². The van der Waals surface area contributed by atoms with E-state index in [1.54, 1.807) is 53.7 Å². The second-order valence-corrected chi connectivity index (χ2v) is 17.1. The zero-order chi connectivity index (χ0) is 48.4. The van der Waals surface area contributed by atoms with E-state index in [1.165, 1.54) is 52.7 Å². The average molecular weight is 927 g/mol. The van der Waals surface area contributed by atoms with Crippen molar-refractivity contribution >= 4 is 45.1 Å². The Morgan fingerprint density at radius 2 is 0.985 bits per heavy atom. The number of methoxy groups -OCH3 is 4. The standard InChI is InChI=1S/C46H58N2O18/c1-21-35-23(19-27(57-7)37(21)63-43-33(53)31(51)39(59-9)45(3,4)65-43)17-25(41(55)61-35)47-29(49)15-13-11-12-14-16-30(50)48-26-18-24-20-28(58-8)38(22(2)36(24)62-42(26)56)64-44-34(54)32(52)40(60-10)46(5,6)66-44/h11-12,17-20,31-34,39-40,43-44,51-54H,13-16H2,1-10H3,(H,47,49)(H,48,50)/b12-11+/t31-,32-,33+,34+,39+,40+,43+,44+/m1/s1. The van der Waals surface area contributed by atoms with Gasteiger partial charge in [-0.25, -0.2) is 9.59 Å². The van der Waals surface area contributed by atoms with Gasteiger partial charge in [0.05, 0.1) is 25.4 Å². The molecule has 0 spiro atoms. The summed E-state index contributed by atoms with van der Waals surface area (Å²) in [5.74, 6) is -0.303. The Morgan fingerprint density at radius 1 is 0.621 bits per heavy atom. The van der Waals surface area contributed by atoms with Crippen molar-refractivity contribution < 1.29 is 76.7 Å². The molecule has 8 atom stereocenters. The third-order valence-corrected chi connectivity index (χ3v) is 11.6. The Morgan fingerprint density at radius 3 is 1.32 bits per heavy atom. The lowest BCUT2D eigenvalue weighted by Gasteiger charge is -2.46. The van der Waals surface area contributed by atoms with E-state index in [9.17, 15) is 39.6 Å². The highest BCUT2D eigenvalue weighted by molar-refractivity contribution is 5.95. The van der Waals surface area contributed by atoms with Crippen LogP contribution in [0.5, 0.6) is 23.0 Å². The van der Waals surface area contributed by atoms with Gasteiger partial charge in [-0.15, -0.1) is 0 Å². The highest BCUT2D eigenvalue weighted by Crippen LogP contribution is 2.42. The first-order chi connectivity index (χ1) is 31.2. The quantitative estimate of drug-likeness (QED) is 0.0690. The van der Waals surface area contributed by atoms with Crippen LogP contribution in [0.1, 0.15) is 64.5 Å². The number of aliphatic hydroxyl groups is 4. The summed E-state index contributed by atoms with van der Waals surface area (Å²) >= 11 is 0. The molecule has 2 amide bonds. The van der Waals surface area contributed by atoms with Gasteiger partial charge in [-0.1, -0.05) is 12.2 Å². The first kappa shape index (κ1) is 49.8. The minimum absolute atomic E-state index is 0.00138. The Hall–Kier alpha value is -5.58. The number of hydrogen-bond acceptors (Lipinski definition) is 18. The molecule has 2 aromatic carbocycles. The van der Waals surface area contributed by atoms with Crippen molar-refractivity contribution in [3.8, 4) is 23.0 Å². The molecule has 2 saturated heterocycles. The fourth-order valence-corrected chi connectivity index (χ4v) is 8.26. The van der Waals surface area contributed by atoms with Gasteiger partial charge in [0.15, 0.2) is 23.0 Å². The van der Waals surface area contributed by atoms with Crippen LogP contribution >= 0.6 is 0 Å². The summed E-state index contributed by atoms with van der Waals surface area (Å²) in [6.07, 6.45) is -5.96. The highest BCUT2D eigenvalue weighted by Gasteiger charge is 2.52. The molecule has 20 heteroatoms. The molecule has 4 heterocycles. The Bertz CT molecular complexity index is 2410. The van der Waals surface area contributed by atoms with Crippen LogP contribution in [0.3, 0.4) is 0 Å². The fourth-order valence-electron chi connectivity index (χ4n) is 8.26. The largest absolute Gasteiger partial charge is 0.493 e. The van der Waals surface area contributed by atoms with Crippen molar-refractivity contribution in [2.75, 3.05) is 39.1 Å². The molecular weight excluding hydrogens is 869 g/mol. The number of amides is 2. The Kier molecular flexibility index (Phi) is 15.2. The number of carbonyl (C=O) groups is 2. The molecule has 4 aromatic rings. The van der Waals surface area contributed by atoms with Gasteiger partial charge in [-0.05, 0) is 78.6 Å². The molecule has 0 bridgehead atoms. The predicted molar refractivity (Wildman–Crippen MR) is 237 cm³/mol. The highest BCUT2D eigenvalue weighted by atomic mass is 16.7. The topological polar surface area (TPSA) is 273 Å². The van der Waals surface area contributed by atoms with Crippen LogP contribution in [-0.2, 0) is 28.5 Å². The third-order valence-electron chi connectivity index (χ3n) is 11.6. The second-order valence-electron chi connectivity index (χ2n) is 17.1. The lowest BCUT2D eigenvalue weighted by Crippen LogP contribution is -2.63. The molecule has 2 fully saturated rings. The van der Waals surface area contributed by atoms with E-state index in [2.05, 4.69) is 10.6 Å². The van der Waals surface area contributed by atoms with Gasteiger partial charge in [0.25, 0.3) is 0 Å². The molecule has 20 nitrogen and oxygen atoms in total. The number of ether oxygens (including phenoxy) is 8. The van der Waals surface area contributed by atoms with Gasteiger partial charge in [0.1, 0.15) is 59.2 Å². The van der Waals surface area contributed by atoms with Crippen molar-refractivity contribution in [2.24, 2.45) is 0 Å². The van der Waals surface area contributed by atoms with E-state index < -0.39 is 83.5 Å². The number of allylic oxidation sites excluding steroid dienone is 2. The van der Waals surface area contributed by atoms with Gasteiger partial charge in [0.2, 0.25) is 24.4 Å². The van der Waals surface area contributed by atoms with Gasteiger partial charge in [-0.3, -0.25) is 9.59 Å². The summed E-state index contributed by atoms with van der Waals surface area (Å²) in [5.41, 5.74) is -2.97. The van der Waals surface area contributed by atoms with E-state index in [0.717, 1.165) is 0 Å². The zero-order valence-electron chi connectivity index (χ0n) is 38.4. The molecule has 66 heavy (non-hydrogen) atoms. The lowest BCUT2D eigenvalue weighted by molar-refractivity contribution is -0.306. The molecule has 0 unspecified atom stereocenters. The van der Waals surface area contributed by atoms with Crippen molar-refractivity contribution in [1.82, 2.24) is 0 Å². The fraction of sp³-hybridized carbons (Fsp3) is 0.522. The van der Waals surface area contributed by atoms with Crippen LogP contribution in [0, 0.1) is 13.8 Å². The molecule has 2 aliphatic heterocycles. The van der Waals surface area contributed by atoms with Gasteiger partial charge >= 0.3 is 11.3 Å². The van der Waals surface area contributed by atoms with Crippen LogP contribution in [0.2, 0.25) is 0 Å². The number of rotatable bonds is 16. The SMILES string of the molecule is COc1cc2cc(NC(=O)CC/C=C/CCC(=O)Nc3cc4cc(OC)c(O[C@H]5OC(C)(C)[C@@H](OC)[C@H](O)[C@@H]5O)c(C)c4oc3=O)c(=O)oc2c(C)c1O[C@H]1OC(C)(C)[C@@H](OC)[C@H](O)[C@@H]1O. The van der Waals surface area contributed by atoms with Crippen LogP contribution in [0.25, 0.3) is 21.9 Å². The van der Waals surface area contributed by atoms with Crippen LogP contribution in [0.15, 0.2) is 54.8 Å². The van der Waals surface area contributed by atoms with E-state index in [-0.39, 0.29) is 71.2 Å². The molecule has 6 rings (SSSR count). The number of aryl methyl sites for hydroxylation is 2. The van der Waals surface area contributed by atoms with Crippen LogP contribution in [-0.4, -0.2) is 121 Å². The molecule has 0 saturated carbocycles. The van der Waals surface area contributed by atoms with Gasteiger partial charge < -0.3 is 77.8 Å². The van der Waals surface area contributed by atoms with Crippen LogP contribution < -0.4 is 40.8 Å². The smallest absolute Gasteiger partial charge is 0.360 e. The molecule has 2 aromatic heterocycles. The average Bonchev–Trinajstić information content (AvgIpc) is 3.25. The third kappa shape index (κ3) is 10.2. The number of benzene rings is 2. The molecular formula is C46H58N2O18. The monoisotopic (exact) mass is 926 g/mol. The summed E-state index contributed by atoms with van der Waals surface area (Å²) in [7, 11) is 5.59. The van der Waals surface area contributed by atoms with Gasteiger partial charge in [0, 0.05) is 49.0 Å². The normalized spacial score (nSPS) is 24.9. The molecule has 360 valence electrons. The van der Waals surface area contributed by atoms with Crippen molar-refractivity contribution in [3.05, 3.63) is 68.4 Å². The summed E-state index contributed by atoms with van der Waals surface area (Å²) in [6.45, 7) is 9.98. The van der Waals surface area contributed by atoms with Crippen molar-refractivity contribution in [3.63, 3.8) is 0 Å². The first-order valence-electron chi connectivity index (χ1n) is 21.2. The second kappa shape index (κ2) is 20.1. The summed E-state index contributed by atoms with van der Waals surface area (Å²) < 4.78 is 56.9. The number of nitrogens with one attached hydrogen (secondary N) is 2. The summed E-state index contributed by atoms with van der Waals surface area (Å²) in [6, 6.07) is 5.96. The Balaban J connectivity index is 1.03. The lowest BCUT2D eigenvalue weighted by atomic mass is 9.89. The molecule has 0 aliphatic carbocycles. The first-order valence-corrected chi connectivity index (χ1v) is 21.2. The maximum absolute atomic E-state index is 13.0. The van der Waals surface area contributed by atoms with E-state index in [0.29, 0.717) is 21.9 Å². The summed E-state index contributed by atoms with van der Waals surface area (Å²) in [4.78, 5) is 51.7. The summed E-state index contributed by atoms with van der Waals surface area (Å²) in [5, 5.41) is 48.9. The number of anilines is 2. The zero-order valence-corrected chi connectivity index (χ0v) is 38.4.